The van der Waals surface area contributed by atoms with E-state index in [4.69, 9.17) is 0 Å². The number of nitrogens with zero attached hydrogens (tertiary/aromatic N) is 1. The number of hydrogen-bond donors (Lipinski definition) is 2. The van der Waals surface area contributed by atoms with Gasteiger partial charge in [0.2, 0.25) is 0 Å². The Morgan fingerprint density at radius 2 is 1.29 bits per heavy atom. The number of rotatable bonds is 10. The molecule has 0 aliphatic carbocycles. The van der Waals surface area contributed by atoms with Crippen LogP contribution in [-0.4, -0.2) is 49.2 Å². The van der Waals surface area contributed by atoms with Crippen molar-refractivity contribution >= 4 is 0 Å². The van der Waals surface area contributed by atoms with Gasteiger partial charge in [-0.1, -0.05) is 27.7 Å². The fourth-order valence-electron chi connectivity index (χ4n) is 1.80. The highest BCUT2D eigenvalue weighted by Gasteiger charge is 2.08. The Kier molecular flexibility index (Phi) is 9.79. The van der Waals surface area contributed by atoms with E-state index in [2.05, 4.69) is 57.1 Å². The van der Waals surface area contributed by atoms with Crippen molar-refractivity contribution in [2.45, 2.75) is 66.1 Å². The molecule has 0 fully saturated rings. The van der Waals surface area contributed by atoms with Gasteiger partial charge < -0.3 is 10.6 Å². The SMILES string of the molecule is CC(C)NCCCN(CCNC(C)C)C(C)C. The summed E-state index contributed by atoms with van der Waals surface area (Å²) in [5, 5.41) is 6.95. The van der Waals surface area contributed by atoms with Gasteiger partial charge >= 0.3 is 0 Å². The molecule has 3 nitrogen and oxygen atoms in total. The molecule has 0 aromatic rings. The smallest absolute Gasteiger partial charge is 0.0110 e. The summed E-state index contributed by atoms with van der Waals surface area (Å²) in [6, 6.07) is 1.83. The average Bonchev–Trinajstić information content (AvgIpc) is 2.20. The lowest BCUT2D eigenvalue weighted by molar-refractivity contribution is 0.216. The van der Waals surface area contributed by atoms with Crippen molar-refractivity contribution in [2.24, 2.45) is 0 Å². The lowest BCUT2D eigenvalue weighted by Gasteiger charge is -2.27. The third kappa shape index (κ3) is 10.7. The van der Waals surface area contributed by atoms with Crippen LogP contribution in [0.4, 0.5) is 0 Å². The van der Waals surface area contributed by atoms with Gasteiger partial charge in [-0.3, -0.25) is 4.90 Å². The van der Waals surface area contributed by atoms with Crippen LogP contribution in [0.1, 0.15) is 48.0 Å². The first-order valence-electron chi connectivity index (χ1n) is 7.14. The van der Waals surface area contributed by atoms with Crippen LogP contribution in [0, 0.1) is 0 Å². The summed E-state index contributed by atoms with van der Waals surface area (Å²) in [5.74, 6) is 0. The minimum Gasteiger partial charge on any atom is -0.314 e. The highest BCUT2D eigenvalue weighted by atomic mass is 15.2. The molecule has 0 aliphatic rings. The topological polar surface area (TPSA) is 27.3 Å². The van der Waals surface area contributed by atoms with E-state index < -0.39 is 0 Å². The molecule has 104 valence electrons. The van der Waals surface area contributed by atoms with E-state index in [1.54, 1.807) is 0 Å². The molecule has 0 rings (SSSR count). The van der Waals surface area contributed by atoms with E-state index in [9.17, 15) is 0 Å². The summed E-state index contributed by atoms with van der Waals surface area (Å²) in [4.78, 5) is 2.55. The highest BCUT2D eigenvalue weighted by molar-refractivity contribution is 4.66. The second-order valence-corrected chi connectivity index (χ2v) is 5.70. The molecule has 0 aromatic carbocycles. The van der Waals surface area contributed by atoms with Crippen LogP contribution in [0.15, 0.2) is 0 Å². The minimum atomic E-state index is 0.589. The first kappa shape index (κ1) is 16.9. The monoisotopic (exact) mass is 243 g/mol. The highest BCUT2D eigenvalue weighted by Crippen LogP contribution is 1.99. The van der Waals surface area contributed by atoms with Gasteiger partial charge in [0, 0.05) is 31.2 Å². The summed E-state index contributed by atoms with van der Waals surface area (Å²) in [6.07, 6.45) is 1.23. The Balaban J connectivity index is 3.67. The summed E-state index contributed by atoms with van der Waals surface area (Å²) in [5.41, 5.74) is 0. The molecule has 17 heavy (non-hydrogen) atoms. The molecular weight excluding hydrogens is 210 g/mol. The molecule has 0 spiro atoms. The van der Waals surface area contributed by atoms with E-state index >= 15 is 0 Å². The molecule has 0 aliphatic heterocycles. The second-order valence-electron chi connectivity index (χ2n) is 5.70. The second kappa shape index (κ2) is 9.86. The quantitative estimate of drug-likeness (QED) is 0.575. The zero-order valence-corrected chi connectivity index (χ0v) is 12.7. The van der Waals surface area contributed by atoms with Gasteiger partial charge in [-0.2, -0.15) is 0 Å². The molecule has 0 radical (unpaired) electrons. The van der Waals surface area contributed by atoms with Gasteiger partial charge in [0.05, 0.1) is 0 Å². The van der Waals surface area contributed by atoms with Gasteiger partial charge in [0.1, 0.15) is 0 Å². The lowest BCUT2D eigenvalue weighted by Crippen LogP contribution is -2.40. The molecule has 0 aromatic heterocycles. The Morgan fingerprint density at radius 3 is 1.76 bits per heavy atom. The van der Waals surface area contributed by atoms with Crippen LogP contribution in [0.5, 0.6) is 0 Å². The summed E-state index contributed by atoms with van der Waals surface area (Å²) in [6.45, 7) is 17.9. The zero-order valence-electron chi connectivity index (χ0n) is 12.7. The summed E-state index contributed by atoms with van der Waals surface area (Å²) >= 11 is 0. The third-order valence-corrected chi connectivity index (χ3v) is 2.86. The largest absolute Gasteiger partial charge is 0.314 e. The van der Waals surface area contributed by atoms with Crippen molar-refractivity contribution in [2.75, 3.05) is 26.2 Å². The van der Waals surface area contributed by atoms with Crippen molar-refractivity contribution in [3.63, 3.8) is 0 Å². The lowest BCUT2D eigenvalue weighted by atomic mass is 10.2. The molecule has 0 heterocycles. The Bertz CT molecular complexity index is 167. The standard InChI is InChI=1S/C14H33N3/c1-12(2)15-8-7-10-17(14(5)6)11-9-16-13(3)4/h12-16H,7-11H2,1-6H3. The van der Waals surface area contributed by atoms with E-state index in [-0.39, 0.29) is 0 Å². The maximum Gasteiger partial charge on any atom is 0.0110 e. The molecule has 0 saturated carbocycles. The molecular formula is C14H33N3. The van der Waals surface area contributed by atoms with Crippen LogP contribution < -0.4 is 10.6 Å². The fourth-order valence-corrected chi connectivity index (χ4v) is 1.80. The maximum atomic E-state index is 3.48. The number of hydrogen-bond acceptors (Lipinski definition) is 3. The summed E-state index contributed by atoms with van der Waals surface area (Å²) < 4.78 is 0. The van der Waals surface area contributed by atoms with Crippen molar-refractivity contribution in [3.8, 4) is 0 Å². The Hall–Kier alpha value is -0.120. The van der Waals surface area contributed by atoms with Crippen LogP contribution in [0.25, 0.3) is 0 Å². The maximum absolute atomic E-state index is 3.48. The molecule has 0 amide bonds. The summed E-state index contributed by atoms with van der Waals surface area (Å²) in [7, 11) is 0. The van der Waals surface area contributed by atoms with Crippen molar-refractivity contribution in [3.05, 3.63) is 0 Å². The predicted octanol–water partition coefficient (Wildman–Crippen LogP) is 2.08. The van der Waals surface area contributed by atoms with E-state index in [1.807, 2.05) is 0 Å². The van der Waals surface area contributed by atoms with Crippen LogP contribution in [0.3, 0.4) is 0 Å². The fraction of sp³-hybridized carbons (Fsp3) is 1.00. The van der Waals surface area contributed by atoms with Crippen molar-refractivity contribution in [1.29, 1.82) is 0 Å². The Labute approximate surface area is 108 Å². The molecule has 0 saturated heterocycles. The number of nitrogens with one attached hydrogen (secondary N) is 2. The molecule has 3 heteroatoms. The van der Waals surface area contributed by atoms with Crippen LogP contribution in [-0.2, 0) is 0 Å². The van der Waals surface area contributed by atoms with Crippen molar-refractivity contribution < 1.29 is 0 Å². The average molecular weight is 243 g/mol. The van der Waals surface area contributed by atoms with Gasteiger partial charge in [-0.25, -0.2) is 0 Å². The van der Waals surface area contributed by atoms with Gasteiger partial charge in [0.25, 0.3) is 0 Å². The molecule has 0 atom stereocenters. The third-order valence-electron chi connectivity index (χ3n) is 2.86. The van der Waals surface area contributed by atoms with E-state index in [0.29, 0.717) is 18.1 Å². The van der Waals surface area contributed by atoms with E-state index in [0.717, 1.165) is 19.6 Å². The molecule has 2 N–H and O–H groups in total. The zero-order chi connectivity index (χ0) is 13.3. The van der Waals surface area contributed by atoms with E-state index in [1.165, 1.54) is 13.0 Å². The van der Waals surface area contributed by atoms with Gasteiger partial charge in [-0.15, -0.1) is 0 Å². The Morgan fingerprint density at radius 1 is 0.765 bits per heavy atom. The normalized spacial score (nSPS) is 12.4. The predicted molar refractivity (Wildman–Crippen MR) is 77.6 cm³/mol. The molecule has 0 unspecified atom stereocenters. The van der Waals surface area contributed by atoms with Gasteiger partial charge in [-0.05, 0) is 33.4 Å². The van der Waals surface area contributed by atoms with Crippen LogP contribution >= 0.6 is 0 Å². The van der Waals surface area contributed by atoms with Crippen LogP contribution in [0.2, 0.25) is 0 Å². The molecule has 0 bridgehead atoms. The first-order chi connectivity index (χ1) is 7.93. The first-order valence-corrected chi connectivity index (χ1v) is 7.14. The van der Waals surface area contributed by atoms with Crippen molar-refractivity contribution in [1.82, 2.24) is 15.5 Å². The van der Waals surface area contributed by atoms with Gasteiger partial charge in [0.15, 0.2) is 0 Å². The minimum absolute atomic E-state index is 0.589.